The number of nitrogens with one attached hydrogen (secondary N) is 1. The van der Waals surface area contributed by atoms with Gasteiger partial charge in [0.1, 0.15) is 0 Å². The van der Waals surface area contributed by atoms with Gasteiger partial charge in [0.25, 0.3) is 0 Å². The molecule has 0 saturated carbocycles. The van der Waals surface area contributed by atoms with Crippen LogP contribution in [0.1, 0.15) is 26.2 Å². The van der Waals surface area contributed by atoms with Crippen molar-refractivity contribution in [3.8, 4) is 0 Å². The number of amides is 1. The molecule has 1 amide bonds. The highest BCUT2D eigenvalue weighted by Gasteiger charge is 2.25. The van der Waals surface area contributed by atoms with E-state index in [-0.39, 0.29) is 24.9 Å². The molecule has 0 bridgehead atoms. The van der Waals surface area contributed by atoms with Crippen molar-refractivity contribution in [2.45, 2.75) is 32.2 Å². The number of likely N-dealkylation sites (N-methyl/N-ethyl adjacent to an activating group) is 1. The largest absolute Gasteiger partial charge is 0.480 e. The average molecular weight is 404 g/mol. The minimum atomic E-state index is -0.775. The summed E-state index contributed by atoms with van der Waals surface area (Å²) in [5, 5.41) is 12.5. The number of nitrogens with zero attached hydrogens (tertiary/aromatic N) is 2. The van der Waals surface area contributed by atoms with Crippen molar-refractivity contribution in [3.05, 3.63) is 29.3 Å². The van der Waals surface area contributed by atoms with Crippen molar-refractivity contribution < 1.29 is 14.7 Å². The number of carbonyl (C=O) groups is 2. The van der Waals surface area contributed by atoms with Gasteiger partial charge in [-0.3, -0.25) is 14.5 Å². The molecule has 0 aromatic heterocycles. The minimum absolute atomic E-state index is 0. The van der Waals surface area contributed by atoms with Gasteiger partial charge in [-0.25, -0.2) is 0 Å². The number of anilines is 1. The van der Waals surface area contributed by atoms with E-state index in [2.05, 4.69) is 10.2 Å². The molecule has 8 heteroatoms. The van der Waals surface area contributed by atoms with E-state index in [1.807, 2.05) is 11.8 Å². The van der Waals surface area contributed by atoms with Gasteiger partial charge in [-0.15, -0.1) is 12.4 Å². The summed E-state index contributed by atoms with van der Waals surface area (Å²) in [5.74, 6) is -0.784. The first-order valence-corrected chi connectivity index (χ1v) is 9.09. The molecular weight excluding hydrogens is 377 g/mol. The zero-order chi connectivity index (χ0) is 18.2. The molecule has 26 heavy (non-hydrogen) atoms. The minimum Gasteiger partial charge on any atom is -0.480 e. The molecule has 0 unspecified atom stereocenters. The maximum absolute atomic E-state index is 12.0. The Hall–Kier alpha value is -1.34. The Bertz CT molecular complexity index is 576. The Morgan fingerprint density at radius 1 is 1.27 bits per heavy atom. The van der Waals surface area contributed by atoms with Crippen LogP contribution in [0.4, 0.5) is 5.69 Å². The van der Waals surface area contributed by atoms with Gasteiger partial charge in [-0.05, 0) is 56.7 Å². The monoisotopic (exact) mass is 403 g/mol. The first kappa shape index (κ1) is 22.7. The number of hydrogen-bond donors (Lipinski definition) is 2. The van der Waals surface area contributed by atoms with Crippen molar-refractivity contribution in [1.82, 2.24) is 9.80 Å². The highest BCUT2D eigenvalue weighted by Crippen LogP contribution is 2.17. The van der Waals surface area contributed by atoms with Gasteiger partial charge >= 0.3 is 5.97 Å². The van der Waals surface area contributed by atoms with Gasteiger partial charge in [-0.2, -0.15) is 0 Å². The lowest BCUT2D eigenvalue weighted by molar-refractivity contribution is -0.139. The van der Waals surface area contributed by atoms with Crippen LogP contribution in [0.2, 0.25) is 5.02 Å². The number of likely N-dealkylation sites (tertiary alicyclic amines) is 1. The van der Waals surface area contributed by atoms with E-state index < -0.39 is 5.97 Å². The topological polar surface area (TPSA) is 72.9 Å². The van der Waals surface area contributed by atoms with E-state index in [1.54, 1.807) is 24.3 Å². The summed E-state index contributed by atoms with van der Waals surface area (Å²) in [6, 6.07) is 7.39. The zero-order valence-electron chi connectivity index (χ0n) is 15.0. The van der Waals surface area contributed by atoms with E-state index in [0.29, 0.717) is 17.5 Å². The Morgan fingerprint density at radius 2 is 1.88 bits per heavy atom. The first-order chi connectivity index (χ1) is 12.0. The molecule has 0 aliphatic carbocycles. The Morgan fingerprint density at radius 3 is 2.42 bits per heavy atom. The van der Waals surface area contributed by atoms with Gasteiger partial charge in [0, 0.05) is 29.7 Å². The van der Waals surface area contributed by atoms with Crippen molar-refractivity contribution in [1.29, 1.82) is 0 Å². The molecule has 1 heterocycles. The Balaban J connectivity index is 0.00000338. The van der Waals surface area contributed by atoms with Gasteiger partial charge in [-0.1, -0.05) is 18.5 Å². The van der Waals surface area contributed by atoms with Crippen LogP contribution in [0, 0.1) is 0 Å². The molecule has 2 N–H and O–H groups in total. The SMILES string of the molecule is CCN(CC(=O)O)C1CCN(CCC(=O)Nc2ccc(Cl)cc2)CC1.Cl. The number of hydrogen-bond acceptors (Lipinski definition) is 4. The van der Waals surface area contributed by atoms with Crippen LogP contribution in [0.15, 0.2) is 24.3 Å². The second-order valence-electron chi connectivity index (χ2n) is 6.33. The molecule has 1 aromatic carbocycles. The summed E-state index contributed by atoms with van der Waals surface area (Å²) in [4.78, 5) is 27.2. The van der Waals surface area contributed by atoms with E-state index in [1.165, 1.54) is 0 Å². The normalized spacial score (nSPS) is 15.5. The van der Waals surface area contributed by atoms with Gasteiger partial charge < -0.3 is 15.3 Å². The standard InChI is InChI=1S/C18H26ClN3O3.ClH/c1-2-22(13-18(24)25)16-7-10-21(11-8-16)12-9-17(23)20-15-5-3-14(19)4-6-15;/h3-6,16H,2,7-13H2,1H3,(H,20,23)(H,24,25);1H. The summed E-state index contributed by atoms with van der Waals surface area (Å²) in [7, 11) is 0. The van der Waals surface area contributed by atoms with E-state index >= 15 is 0 Å². The molecule has 146 valence electrons. The maximum atomic E-state index is 12.0. The predicted molar refractivity (Wildman–Crippen MR) is 106 cm³/mol. The molecular formula is C18H27Cl2N3O3. The molecule has 1 fully saturated rings. The predicted octanol–water partition coefficient (Wildman–Crippen LogP) is 2.96. The average Bonchev–Trinajstić information content (AvgIpc) is 2.60. The summed E-state index contributed by atoms with van der Waals surface area (Å²) in [6.07, 6.45) is 2.33. The van der Waals surface area contributed by atoms with Crippen LogP contribution in [0.25, 0.3) is 0 Å². The fraction of sp³-hybridized carbons (Fsp3) is 0.556. The van der Waals surface area contributed by atoms with Crippen molar-refractivity contribution >= 4 is 41.6 Å². The second-order valence-corrected chi connectivity index (χ2v) is 6.77. The van der Waals surface area contributed by atoms with Crippen molar-refractivity contribution in [2.24, 2.45) is 0 Å². The van der Waals surface area contributed by atoms with Crippen LogP contribution < -0.4 is 5.32 Å². The Kier molecular flexibility index (Phi) is 9.94. The lowest BCUT2D eigenvalue weighted by Gasteiger charge is -2.37. The number of rotatable bonds is 8. The fourth-order valence-corrected chi connectivity index (χ4v) is 3.32. The fourth-order valence-electron chi connectivity index (χ4n) is 3.20. The van der Waals surface area contributed by atoms with Crippen LogP contribution in [-0.4, -0.2) is 65.5 Å². The smallest absolute Gasteiger partial charge is 0.317 e. The highest BCUT2D eigenvalue weighted by molar-refractivity contribution is 6.30. The van der Waals surface area contributed by atoms with E-state index in [9.17, 15) is 9.59 Å². The number of halogens is 2. The summed E-state index contributed by atoms with van der Waals surface area (Å²) in [6.45, 7) is 5.36. The van der Waals surface area contributed by atoms with Crippen LogP contribution in [-0.2, 0) is 9.59 Å². The third kappa shape index (κ3) is 7.50. The van der Waals surface area contributed by atoms with Gasteiger partial charge in [0.05, 0.1) is 6.54 Å². The van der Waals surface area contributed by atoms with Gasteiger partial charge in [0.2, 0.25) is 5.91 Å². The molecule has 0 radical (unpaired) electrons. The molecule has 0 atom stereocenters. The zero-order valence-corrected chi connectivity index (χ0v) is 16.6. The lowest BCUT2D eigenvalue weighted by atomic mass is 10.0. The number of piperidine rings is 1. The first-order valence-electron chi connectivity index (χ1n) is 8.71. The Labute approximate surface area is 165 Å². The molecule has 1 saturated heterocycles. The molecule has 1 aromatic rings. The quantitative estimate of drug-likeness (QED) is 0.697. The summed E-state index contributed by atoms with van der Waals surface area (Å²) in [5.41, 5.74) is 0.750. The van der Waals surface area contributed by atoms with Crippen molar-refractivity contribution in [2.75, 3.05) is 38.0 Å². The molecule has 6 nitrogen and oxygen atoms in total. The number of aliphatic carboxylic acids is 1. The van der Waals surface area contributed by atoms with E-state index in [0.717, 1.165) is 44.7 Å². The summed E-state index contributed by atoms with van der Waals surface area (Å²) < 4.78 is 0. The number of carboxylic acids is 1. The maximum Gasteiger partial charge on any atom is 0.317 e. The van der Waals surface area contributed by atoms with Gasteiger partial charge in [0.15, 0.2) is 0 Å². The third-order valence-corrected chi connectivity index (χ3v) is 4.85. The highest BCUT2D eigenvalue weighted by atomic mass is 35.5. The van der Waals surface area contributed by atoms with Crippen molar-refractivity contribution in [3.63, 3.8) is 0 Å². The summed E-state index contributed by atoms with van der Waals surface area (Å²) >= 11 is 5.83. The number of carboxylic acid groups (broad SMARTS) is 1. The van der Waals surface area contributed by atoms with Crippen LogP contribution >= 0.6 is 24.0 Å². The number of benzene rings is 1. The number of carbonyl (C=O) groups excluding carboxylic acids is 1. The molecule has 1 aliphatic heterocycles. The molecule has 0 spiro atoms. The third-order valence-electron chi connectivity index (χ3n) is 4.60. The lowest BCUT2D eigenvalue weighted by Crippen LogP contribution is -2.47. The van der Waals surface area contributed by atoms with Crippen LogP contribution in [0.5, 0.6) is 0 Å². The molecule has 1 aliphatic rings. The second kappa shape index (κ2) is 11.4. The van der Waals surface area contributed by atoms with Crippen LogP contribution in [0.3, 0.4) is 0 Å². The molecule has 2 rings (SSSR count). The van der Waals surface area contributed by atoms with E-state index in [4.69, 9.17) is 16.7 Å².